The van der Waals surface area contributed by atoms with Crippen molar-refractivity contribution in [2.45, 2.75) is 78.2 Å². The lowest BCUT2D eigenvalue weighted by Gasteiger charge is -2.35. The maximum absolute atomic E-state index is 12.0. The molecule has 25 heavy (non-hydrogen) atoms. The average Bonchev–Trinajstić information content (AvgIpc) is 3.02. The van der Waals surface area contributed by atoms with Crippen LogP contribution in [0, 0.1) is 5.92 Å². The molecule has 0 bridgehead atoms. The van der Waals surface area contributed by atoms with E-state index in [0.29, 0.717) is 24.8 Å². The molecule has 2 heterocycles. The third kappa shape index (κ3) is 6.42. The zero-order valence-corrected chi connectivity index (χ0v) is 16.5. The smallest absolute Gasteiger partial charge is 0.226 e. The molecule has 1 unspecified atom stereocenters. The molecule has 1 aromatic rings. The fourth-order valence-corrected chi connectivity index (χ4v) is 3.01. The van der Waals surface area contributed by atoms with Crippen LogP contribution in [0.15, 0.2) is 4.52 Å². The molecule has 1 aromatic heterocycles. The minimum Gasteiger partial charge on any atom is -0.355 e. The number of amides is 1. The Hall–Kier alpha value is -1.43. The van der Waals surface area contributed by atoms with Gasteiger partial charge in [-0.2, -0.15) is 4.98 Å². The van der Waals surface area contributed by atoms with E-state index in [2.05, 4.69) is 55.0 Å². The molecule has 1 amide bonds. The van der Waals surface area contributed by atoms with E-state index >= 15 is 0 Å². The van der Waals surface area contributed by atoms with Gasteiger partial charge in [-0.3, -0.25) is 9.69 Å². The van der Waals surface area contributed by atoms with E-state index < -0.39 is 0 Å². The molecule has 0 aliphatic carbocycles. The van der Waals surface area contributed by atoms with Crippen LogP contribution in [-0.2, 0) is 16.6 Å². The minimum atomic E-state index is -0.110. The van der Waals surface area contributed by atoms with Crippen molar-refractivity contribution < 1.29 is 9.32 Å². The number of piperidine rings is 1. The number of hydrogen-bond donors (Lipinski definition) is 1. The normalized spacial score (nSPS) is 18.3. The Bertz CT molecular complexity index is 542. The van der Waals surface area contributed by atoms with Crippen LogP contribution in [0.5, 0.6) is 0 Å². The Morgan fingerprint density at radius 2 is 2.04 bits per heavy atom. The van der Waals surface area contributed by atoms with Crippen LogP contribution in [0.25, 0.3) is 0 Å². The highest BCUT2D eigenvalue weighted by Crippen LogP contribution is 2.19. The topological polar surface area (TPSA) is 71.3 Å². The third-order valence-electron chi connectivity index (χ3n) is 4.97. The molecule has 6 nitrogen and oxygen atoms in total. The molecule has 142 valence electrons. The number of rotatable bonds is 7. The van der Waals surface area contributed by atoms with Gasteiger partial charge in [0.15, 0.2) is 5.82 Å². The highest BCUT2D eigenvalue weighted by Gasteiger charge is 2.22. The quantitative estimate of drug-likeness (QED) is 0.819. The standard InChI is InChI=1S/C19H34N4O2/c1-14-9-11-23(12-10-14)15(2)13-20-16(24)7-6-8-17-21-18(22-25-17)19(3,4)5/h14-15H,6-13H2,1-5H3,(H,20,24). The number of aromatic nitrogens is 2. The summed E-state index contributed by atoms with van der Waals surface area (Å²) in [5.41, 5.74) is -0.110. The average molecular weight is 351 g/mol. The minimum absolute atomic E-state index is 0.104. The predicted octanol–water partition coefficient (Wildman–Crippen LogP) is 2.93. The van der Waals surface area contributed by atoms with Gasteiger partial charge in [-0.25, -0.2) is 0 Å². The summed E-state index contributed by atoms with van der Waals surface area (Å²) in [6.45, 7) is 13.7. The van der Waals surface area contributed by atoms with Crippen LogP contribution in [0.2, 0.25) is 0 Å². The van der Waals surface area contributed by atoms with E-state index in [0.717, 1.165) is 37.8 Å². The van der Waals surface area contributed by atoms with Crippen LogP contribution in [0.4, 0.5) is 0 Å². The Balaban J connectivity index is 1.63. The molecular formula is C19H34N4O2. The highest BCUT2D eigenvalue weighted by molar-refractivity contribution is 5.75. The molecule has 1 saturated heterocycles. The monoisotopic (exact) mass is 350 g/mol. The van der Waals surface area contributed by atoms with Crippen LogP contribution >= 0.6 is 0 Å². The van der Waals surface area contributed by atoms with Crippen molar-refractivity contribution in [1.29, 1.82) is 0 Å². The molecule has 1 atom stereocenters. The van der Waals surface area contributed by atoms with Gasteiger partial charge in [0, 0.05) is 30.8 Å². The first-order valence-electron chi connectivity index (χ1n) is 9.59. The summed E-state index contributed by atoms with van der Waals surface area (Å²) in [4.78, 5) is 18.9. The lowest BCUT2D eigenvalue weighted by Crippen LogP contribution is -2.45. The van der Waals surface area contributed by atoms with Gasteiger partial charge in [-0.05, 0) is 45.2 Å². The largest absolute Gasteiger partial charge is 0.355 e. The van der Waals surface area contributed by atoms with Gasteiger partial charge in [0.1, 0.15) is 0 Å². The molecule has 1 aliphatic heterocycles. The molecule has 1 fully saturated rings. The van der Waals surface area contributed by atoms with Crippen molar-refractivity contribution in [3.8, 4) is 0 Å². The van der Waals surface area contributed by atoms with E-state index in [1.165, 1.54) is 12.8 Å². The molecule has 6 heteroatoms. The Labute approximate surface area is 151 Å². The molecule has 1 N–H and O–H groups in total. The summed E-state index contributed by atoms with van der Waals surface area (Å²) in [6, 6.07) is 0.404. The number of nitrogens with zero attached hydrogens (tertiary/aromatic N) is 3. The maximum Gasteiger partial charge on any atom is 0.226 e. The van der Waals surface area contributed by atoms with Gasteiger partial charge < -0.3 is 9.84 Å². The summed E-state index contributed by atoms with van der Waals surface area (Å²) < 4.78 is 5.26. The molecule has 0 spiro atoms. The summed E-state index contributed by atoms with van der Waals surface area (Å²) in [6.07, 6.45) is 4.40. The molecule has 0 radical (unpaired) electrons. The summed E-state index contributed by atoms with van der Waals surface area (Å²) in [7, 11) is 0. The van der Waals surface area contributed by atoms with Crippen molar-refractivity contribution in [3.63, 3.8) is 0 Å². The number of likely N-dealkylation sites (tertiary alicyclic amines) is 1. The summed E-state index contributed by atoms with van der Waals surface area (Å²) in [5.74, 6) is 2.28. The first kappa shape index (κ1) is 19.9. The number of carbonyl (C=O) groups is 1. The van der Waals surface area contributed by atoms with Crippen molar-refractivity contribution in [2.24, 2.45) is 5.92 Å². The second-order valence-corrected chi connectivity index (χ2v) is 8.49. The van der Waals surface area contributed by atoms with Crippen molar-refractivity contribution in [3.05, 3.63) is 11.7 Å². The molecular weight excluding hydrogens is 316 g/mol. The molecule has 1 aliphatic rings. The number of hydrogen-bond acceptors (Lipinski definition) is 5. The molecule has 0 saturated carbocycles. The van der Waals surface area contributed by atoms with Crippen LogP contribution < -0.4 is 5.32 Å². The van der Waals surface area contributed by atoms with E-state index in [9.17, 15) is 4.79 Å². The van der Waals surface area contributed by atoms with E-state index in [1.807, 2.05) is 0 Å². The first-order chi connectivity index (χ1) is 11.8. The Morgan fingerprint density at radius 3 is 2.64 bits per heavy atom. The van der Waals surface area contributed by atoms with Crippen LogP contribution in [0.1, 0.15) is 72.0 Å². The third-order valence-corrected chi connectivity index (χ3v) is 4.97. The molecule has 0 aromatic carbocycles. The van der Waals surface area contributed by atoms with E-state index in [1.54, 1.807) is 0 Å². The highest BCUT2D eigenvalue weighted by atomic mass is 16.5. The summed E-state index contributed by atoms with van der Waals surface area (Å²) in [5, 5.41) is 7.07. The fraction of sp³-hybridized carbons (Fsp3) is 0.842. The lowest BCUT2D eigenvalue weighted by molar-refractivity contribution is -0.121. The Morgan fingerprint density at radius 1 is 1.36 bits per heavy atom. The SMILES string of the molecule is CC1CCN(C(C)CNC(=O)CCCc2nc(C(C)(C)C)no2)CC1. The van der Waals surface area contributed by atoms with Gasteiger partial charge in [0.25, 0.3) is 0 Å². The number of carbonyl (C=O) groups excluding carboxylic acids is 1. The van der Waals surface area contributed by atoms with Crippen LogP contribution in [-0.4, -0.2) is 46.6 Å². The first-order valence-corrected chi connectivity index (χ1v) is 9.59. The van der Waals surface area contributed by atoms with Gasteiger partial charge in [-0.1, -0.05) is 32.9 Å². The van der Waals surface area contributed by atoms with E-state index in [-0.39, 0.29) is 11.3 Å². The Kier molecular flexibility index (Phi) is 6.99. The lowest BCUT2D eigenvalue weighted by atomic mass is 9.96. The van der Waals surface area contributed by atoms with Crippen molar-refractivity contribution in [2.75, 3.05) is 19.6 Å². The van der Waals surface area contributed by atoms with Gasteiger partial charge in [-0.15, -0.1) is 0 Å². The zero-order valence-electron chi connectivity index (χ0n) is 16.5. The van der Waals surface area contributed by atoms with Gasteiger partial charge in [0.2, 0.25) is 11.8 Å². The van der Waals surface area contributed by atoms with Gasteiger partial charge in [0.05, 0.1) is 0 Å². The second-order valence-electron chi connectivity index (χ2n) is 8.49. The maximum atomic E-state index is 12.0. The molecule has 2 rings (SSSR count). The predicted molar refractivity (Wildman–Crippen MR) is 98.4 cm³/mol. The van der Waals surface area contributed by atoms with Crippen molar-refractivity contribution >= 4 is 5.91 Å². The summed E-state index contributed by atoms with van der Waals surface area (Å²) >= 11 is 0. The zero-order chi connectivity index (χ0) is 18.4. The van der Waals surface area contributed by atoms with Crippen LogP contribution in [0.3, 0.4) is 0 Å². The van der Waals surface area contributed by atoms with E-state index in [4.69, 9.17) is 4.52 Å². The van der Waals surface area contributed by atoms with Crippen molar-refractivity contribution in [1.82, 2.24) is 20.4 Å². The fourth-order valence-electron chi connectivity index (χ4n) is 3.01. The number of aryl methyl sites for hydroxylation is 1. The van der Waals surface area contributed by atoms with Gasteiger partial charge >= 0.3 is 0 Å². The second kappa shape index (κ2) is 8.79. The number of nitrogens with one attached hydrogen (secondary N) is 1.